The van der Waals surface area contributed by atoms with Gasteiger partial charge in [-0.15, -0.1) is 0 Å². The molecule has 18 heavy (non-hydrogen) atoms. The lowest BCUT2D eigenvalue weighted by atomic mass is 10.1. The molecule has 2 heterocycles. The third kappa shape index (κ3) is 2.66. The summed E-state index contributed by atoms with van der Waals surface area (Å²) in [4.78, 5) is 20.5. The van der Waals surface area contributed by atoms with Gasteiger partial charge in [0.05, 0.1) is 6.42 Å². The molecule has 2 aliphatic heterocycles. The van der Waals surface area contributed by atoms with Crippen LogP contribution in [0.3, 0.4) is 0 Å². The van der Waals surface area contributed by atoms with Gasteiger partial charge in [-0.05, 0) is 6.42 Å². The largest absolute Gasteiger partial charge is 0.423 e. The van der Waals surface area contributed by atoms with Crippen LogP contribution in [0.5, 0.6) is 0 Å². The maximum absolute atomic E-state index is 11.3. The Morgan fingerprint density at radius 1 is 1.67 bits per heavy atom. The average Bonchev–Trinajstić information content (AvgIpc) is 2.96. The van der Waals surface area contributed by atoms with Crippen molar-refractivity contribution >= 4 is 23.1 Å². The first-order chi connectivity index (χ1) is 8.74. The lowest BCUT2D eigenvalue weighted by molar-refractivity contribution is -0.173. The predicted octanol–water partition coefficient (Wildman–Crippen LogP) is 1.11. The van der Waals surface area contributed by atoms with Gasteiger partial charge in [0, 0.05) is 19.4 Å². The Balaban J connectivity index is 1.90. The molecule has 0 bridgehead atoms. The molecule has 0 amide bonds. The molecule has 0 radical (unpaired) electrons. The van der Waals surface area contributed by atoms with Gasteiger partial charge in [-0.25, -0.2) is 0 Å². The van der Waals surface area contributed by atoms with Crippen LogP contribution in [0, 0.1) is 0 Å². The van der Waals surface area contributed by atoms with Crippen LogP contribution >= 0.6 is 0 Å². The van der Waals surface area contributed by atoms with Crippen molar-refractivity contribution in [1.82, 2.24) is 0 Å². The number of ether oxygens (including phenoxy) is 1. The minimum Gasteiger partial charge on any atom is -0.423 e. The van der Waals surface area contributed by atoms with E-state index < -0.39 is 6.29 Å². The summed E-state index contributed by atoms with van der Waals surface area (Å²) in [7, 11) is 0. The van der Waals surface area contributed by atoms with Gasteiger partial charge in [-0.2, -0.15) is 0 Å². The average molecular weight is 253 g/mol. The van der Waals surface area contributed by atoms with Gasteiger partial charge in [-0.1, -0.05) is 17.2 Å². The van der Waals surface area contributed by atoms with E-state index in [1.54, 1.807) is 0 Å². The second-order valence-corrected chi connectivity index (χ2v) is 4.04. The van der Waals surface area contributed by atoms with Crippen LogP contribution in [0.15, 0.2) is 15.3 Å². The number of esters is 1. The number of hydrogen-bond donors (Lipinski definition) is 1. The molecule has 0 aromatic carbocycles. The quantitative estimate of drug-likeness (QED) is 0.461. The van der Waals surface area contributed by atoms with Gasteiger partial charge in [0.25, 0.3) is 6.29 Å². The highest BCUT2D eigenvalue weighted by Crippen LogP contribution is 2.17. The Kier molecular flexibility index (Phi) is 3.91. The van der Waals surface area contributed by atoms with E-state index in [0.29, 0.717) is 42.9 Å². The van der Waals surface area contributed by atoms with E-state index >= 15 is 0 Å². The minimum atomic E-state index is -0.692. The maximum Gasteiger partial charge on any atom is 0.308 e. The Hall–Kier alpha value is -1.92. The number of hydrogen-bond acceptors (Lipinski definition) is 7. The van der Waals surface area contributed by atoms with Crippen LogP contribution in [0.2, 0.25) is 0 Å². The first-order valence-corrected chi connectivity index (χ1v) is 5.93. The van der Waals surface area contributed by atoms with E-state index in [0.717, 1.165) is 6.42 Å². The van der Waals surface area contributed by atoms with E-state index in [1.807, 2.05) is 6.92 Å². The molecule has 1 unspecified atom stereocenters. The van der Waals surface area contributed by atoms with Gasteiger partial charge in [0.15, 0.2) is 0 Å². The SMILES string of the molecule is CCCC(=O)OC1CC(C2=NCC/C2=N\O)=NO1. The van der Waals surface area contributed by atoms with Gasteiger partial charge in [-0.3, -0.25) is 9.79 Å². The van der Waals surface area contributed by atoms with Crippen LogP contribution in [0.1, 0.15) is 32.6 Å². The van der Waals surface area contributed by atoms with Crippen molar-refractivity contribution in [3.63, 3.8) is 0 Å². The first-order valence-electron chi connectivity index (χ1n) is 5.93. The molecule has 0 fully saturated rings. The van der Waals surface area contributed by atoms with E-state index in [4.69, 9.17) is 14.8 Å². The monoisotopic (exact) mass is 253 g/mol. The molecule has 98 valence electrons. The topological polar surface area (TPSA) is 92.8 Å². The Bertz CT molecular complexity index is 428. The molecule has 0 spiro atoms. The number of oxime groups is 2. The number of carbonyl (C=O) groups is 1. The van der Waals surface area contributed by atoms with Gasteiger partial charge in [0.1, 0.15) is 17.1 Å². The summed E-state index contributed by atoms with van der Waals surface area (Å²) in [6.07, 6.45) is 1.33. The molecule has 2 rings (SSSR count). The summed E-state index contributed by atoms with van der Waals surface area (Å²) in [6.45, 7) is 2.48. The van der Waals surface area contributed by atoms with Crippen LogP contribution < -0.4 is 0 Å². The summed E-state index contributed by atoms with van der Waals surface area (Å²) in [5, 5.41) is 15.8. The minimum absolute atomic E-state index is 0.302. The molecule has 0 saturated heterocycles. The second kappa shape index (κ2) is 5.61. The number of carbonyl (C=O) groups excluding carboxylic acids is 1. The molecular weight excluding hydrogens is 238 g/mol. The second-order valence-electron chi connectivity index (χ2n) is 4.04. The predicted molar refractivity (Wildman–Crippen MR) is 64.1 cm³/mol. The molecule has 0 aliphatic carbocycles. The molecule has 1 N–H and O–H groups in total. The molecule has 7 nitrogen and oxygen atoms in total. The highest BCUT2D eigenvalue weighted by Gasteiger charge is 2.31. The van der Waals surface area contributed by atoms with Crippen LogP contribution in [-0.4, -0.2) is 41.1 Å². The molecule has 0 aromatic heterocycles. The summed E-state index contributed by atoms with van der Waals surface area (Å²) in [6, 6.07) is 0. The van der Waals surface area contributed by atoms with Crippen LogP contribution in [0.25, 0.3) is 0 Å². The summed E-state index contributed by atoms with van der Waals surface area (Å²) in [5.74, 6) is -0.302. The van der Waals surface area contributed by atoms with Crippen molar-refractivity contribution in [2.45, 2.75) is 38.9 Å². The molecule has 7 heteroatoms. The van der Waals surface area contributed by atoms with Crippen molar-refractivity contribution in [1.29, 1.82) is 0 Å². The summed E-state index contributed by atoms with van der Waals surface area (Å²) < 4.78 is 5.08. The fourth-order valence-corrected chi connectivity index (χ4v) is 1.81. The lowest BCUT2D eigenvalue weighted by Gasteiger charge is -2.08. The fraction of sp³-hybridized carbons (Fsp3) is 0.636. The van der Waals surface area contributed by atoms with E-state index in [2.05, 4.69) is 15.3 Å². The molecule has 2 aliphatic rings. The Morgan fingerprint density at radius 2 is 2.50 bits per heavy atom. The van der Waals surface area contributed by atoms with Crippen molar-refractivity contribution in [2.24, 2.45) is 15.3 Å². The maximum atomic E-state index is 11.3. The summed E-state index contributed by atoms with van der Waals surface area (Å²) in [5.41, 5.74) is 1.61. The van der Waals surface area contributed by atoms with E-state index in [-0.39, 0.29) is 5.97 Å². The van der Waals surface area contributed by atoms with Gasteiger partial charge in [0.2, 0.25) is 0 Å². The number of nitrogens with zero attached hydrogens (tertiary/aromatic N) is 3. The Labute approximate surface area is 104 Å². The van der Waals surface area contributed by atoms with Crippen LogP contribution in [0.4, 0.5) is 0 Å². The van der Waals surface area contributed by atoms with Crippen molar-refractivity contribution < 1.29 is 19.6 Å². The Morgan fingerprint density at radius 3 is 3.22 bits per heavy atom. The third-order valence-electron chi connectivity index (χ3n) is 2.64. The zero-order valence-corrected chi connectivity index (χ0v) is 10.1. The smallest absolute Gasteiger partial charge is 0.308 e. The highest BCUT2D eigenvalue weighted by molar-refractivity contribution is 6.69. The molecule has 1 atom stereocenters. The summed E-state index contributed by atoms with van der Waals surface area (Å²) >= 11 is 0. The first kappa shape index (κ1) is 12.5. The zero-order chi connectivity index (χ0) is 13.0. The fourth-order valence-electron chi connectivity index (χ4n) is 1.81. The highest BCUT2D eigenvalue weighted by atomic mass is 16.8. The van der Waals surface area contributed by atoms with Gasteiger partial charge < -0.3 is 14.8 Å². The van der Waals surface area contributed by atoms with Crippen molar-refractivity contribution in [3.8, 4) is 0 Å². The van der Waals surface area contributed by atoms with Crippen molar-refractivity contribution in [3.05, 3.63) is 0 Å². The number of aliphatic imine (C=N–C) groups is 1. The van der Waals surface area contributed by atoms with Crippen molar-refractivity contribution in [2.75, 3.05) is 6.54 Å². The standard InChI is InChI=1S/C11H15N3O4/c1-2-3-9(15)17-10-6-8(14-18-10)11-7(13-16)4-5-12-11/h10,16H,2-6H2,1H3/b13-7+. The van der Waals surface area contributed by atoms with Crippen LogP contribution in [-0.2, 0) is 14.4 Å². The molecule has 0 saturated carbocycles. The van der Waals surface area contributed by atoms with Gasteiger partial charge >= 0.3 is 5.97 Å². The lowest BCUT2D eigenvalue weighted by Crippen LogP contribution is -2.23. The van der Waals surface area contributed by atoms with E-state index in [1.165, 1.54) is 0 Å². The molecule has 0 aromatic rings. The normalized spacial score (nSPS) is 24.7. The third-order valence-corrected chi connectivity index (χ3v) is 2.64. The zero-order valence-electron chi connectivity index (χ0n) is 10.1. The number of rotatable bonds is 4. The molecular formula is C11H15N3O4. The van der Waals surface area contributed by atoms with E-state index in [9.17, 15) is 4.79 Å².